The van der Waals surface area contributed by atoms with Crippen LogP contribution in [0.15, 0.2) is 12.1 Å². The fourth-order valence-electron chi connectivity index (χ4n) is 3.05. The van der Waals surface area contributed by atoms with Crippen LogP contribution in [0.25, 0.3) is 0 Å². The molecule has 1 aromatic rings. The average Bonchev–Trinajstić information content (AvgIpc) is 2.38. The number of ether oxygens (including phenoxy) is 1. The van der Waals surface area contributed by atoms with Gasteiger partial charge in [-0.15, -0.1) is 0 Å². The Morgan fingerprint density at radius 1 is 1.42 bits per heavy atom. The van der Waals surface area contributed by atoms with Crippen LogP contribution in [0.5, 0.6) is 5.75 Å². The Morgan fingerprint density at radius 2 is 2.21 bits per heavy atom. The second-order valence-corrected chi connectivity index (χ2v) is 6.19. The van der Waals surface area contributed by atoms with Gasteiger partial charge < -0.3 is 10.1 Å². The van der Waals surface area contributed by atoms with E-state index in [-0.39, 0.29) is 0 Å². The molecule has 0 spiro atoms. The van der Waals surface area contributed by atoms with Gasteiger partial charge in [0.15, 0.2) is 0 Å². The van der Waals surface area contributed by atoms with Crippen molar-refractivity contribution in [2.45, 2.75) is 39.0 Å². The van der Waals surface area contributed by atoms with E-state index < -0.39 is 0 Å². The number of rotatable bonds is 4. The van der Waals surface area contributed by atoms with E-state index in [9.17, 15) is 0 Å². The smallest absolute Gasteiger partial charge is 0.124 e. The summed E-state index contributed by atoms with van der Waals surface area (Å²) >= 11 is 6.23. The molecule has 1 fully saturated rings. The van der Waals surface area contributed by atoms with Crippen molar-refractivity contribution in [2.75, 3.05) is 20.2 Å². The molecule has 2 rings (SSSR count). The third kappa shape index (κ3) is 3.64. The highest BCUT2D eigenvalue weighted by Gasteiger charge is 2.19. The summed E-state index contributed by atoms with van der Waals surface area (Å²) in [6, 6.07) is 4.05. The van der Waals surface area contributed by atoms with Gasteiger partial charge in [-0.3, -0.25) is 0 Å². The summed E-state index contributed by atoms with van der Waals surface area (Å²) in [5.74, 6) is 2.11. The predicted molar refractivity (Wildman–Crippen MR) is 81.4 cm³/mol. The minimum atomic E-state index is 0.457. The van der Waals surface area contributed by atoms with Crippen LogP contribution in [-0.4, -0.2) is 20.2 Å². The van der Waals surface area contributed by atoms with Gasteiger partial charge in [0.25, 0.3) is 0 Å². The molecule has 3 heteroatoms. The number of hydrogen-bond donors (Lipinski definition) is 1. The van der Waals surface area contributed by atoms with Crippen molar-refractivity contribution >= 4 is 11.6 Å². The van der Waals surface area contributed by atoms with Gasteiger partial charge in [-0.1, -0.05) is 25.4 Å². The van der Waals surface area contributed by atoms with Gasteiger partial charge in [0.1, 0.15) is 5.75 Å². The molecule has 0 saturated carbocycles. The highest BCUT2D eigenvalue weighted by atomic mass is 35.5. The Kier molecular flexibility index (Phi) is 5.12. The van der Waals surface area contributed by atoms with Gasteiger partial charge in [0, 0.05) is 5.02 Å². The van der Waals surface area contributed by atoms with Gasteiger partial charge in [-0.2, -0.15) is 0 Å². The molecule has 0 radical (unpaired) electrons. The minimum absolute atomic E-state index is 0.457. The standard InChI is InChI=1S/C16H24ClNO/c1-11(2)16-13(7-12-5-4-6-18-10-12)8-14(17)9-15(16)19-3/h8-9,11-12,18H,4-7,10H2,1-3H3. The van der Waals surface area contributed by atoms with E-state index in [4.69, 9.17) is 16.3 Å². The molecular formula is C16H24ClNO. The van der Waals surface area contributed by atoms with Crippen LogP contribution in [-0.2, 0) is 6.42 Å². The van der Waals surface area contributed by atoms with Crippen LogP contribution in [0.2, 0.25) is 5.02 Å². The van der Waals surface area contributed by atoms with Crippen molar-refractivity contribution in [1.82, 2.24) is 5.32 Å². The Morgan fingerprint density at radius 3 is 2.79 bits per heavy atom. The third-order valence-corrected chi connectivity index (χ3v) is 4.12. The van der Waals surface area contributed by atoms with Crippen molar-refractivity contribution in [1.29, 1.82) is 0 Å². The first-order valence-electron chi connectivity index (χ1n) is 7.18. The van der Waals surface area contributed by atoms with Crippen molar-refractivity contribution in [3.05, 3.63) is 28.3 Å². The lowest BCUT2D eigenvalue weighted by atomic mass is 9.87. The molecule has 2 nitrogen and oxygen atoms in total. The molecule has 0 aromatic heterocycles. The number of halogens is 1. The van der Waals surface area contributed by atoms with Crippen LogP contribution < -0.4 is 10.1 Å². The third-order valence-electron chi connectivity index (χ3n) is 3.90. The van der Waals surface area contributed by atoms with E-state index in [1.165, 1.54) is 24.0 Å². The van der Waals surface area contributed by atoms with Crippen LogP contribution in [0.4, 0.5) is 0 Å². The van der Waals surface area contributed by atoms with Crippen LogP contribution in [0, 0.1) is 5.92 Å². The Hall–Kier alpha value is -0.730. The lowest BCUT2D eigenvalue weighted by Gasteiger charge is -2.25. The second kappa shape index (κ2) is 6.62. The lowest BCUT2D eigenvalue weighted by Crippen LogP contribution is -2.31. The summed E-state index contributed by atoms with van der Waals surface area (Å²) in [5.41, 5.74) is 2.67. The summed E-state index contributed by atoms with van der Waals surface area (Å²) in [6.07, 6.45) is 3.68. The van der Waals surface area contributed by atoms with Gasteiger partial charge >= 0.3 is 0 Å². The number of methoxy groups -OCH3 is 1. The molecule has 1 saturated heterocycles. The van der Waals surface area contributed by atoms with Crippen molar-refractivity contribution in [3.8, 4) is 5.75 Å². The Bertz CT molecular complexity index is 425. The Balaban J connectivity index is 2.28. The topological polar surface area (TPSA) is 21.3 Å². The zero-order chi connectivity index (χ0) is 13.8. The van der Waals surface area contributed by atoms with Crippen molar-refractivity contribution in [2.24, 2.45) is 5.92 Å². The molecule has 1 atom stereocenters. The normalized spacial score (nSPS) is 19.7. The van der Waals surface area contributed by atoms with Crippen LogP contribution in [0.3, 0.4) is 0 Å². The van der Waals surface area contributed by atoms with Crippen LogP contribution >= 0.6 is 11.6 Å². The fourth-order valence-corrected chi connectivity index (χ4v) is 3.28. The maximum Gasteiger partial charge on any atom is 0.124 e. The fraction of sp³-hybridized carbons (Fsp3) is 0.625. The van der Waals surface area contributed by atoms with E-state index >= 15 is 0 Å². The molecule has 1 aromatic carbocycles. The monoisotopic (exact) mass is 281 g/mol. The maximum absolute atomic E-state index is 6.23. The molecule has 1 aliphatic rings. The quantitative estimate of drug-likeness (QED) is 0.900. The molecule has 1 aliphatic heterocycles. The molecule has 0 bridgehead atoms. The summed E-state index contributed by atoms with van der Waals surface area (Å²) in [4.78, 5) is 0. The van der Waals surface area contributed by atoms with E-state index in [1.54, 1.807) is 7.11 Å². The molecule has 1 heterocycles. The molecule has 0 aliphatic carbocycles. The first-order chi connectivity index (χ1) is 9.11. The SMILES string of the molecule is COc1cc(Cl)cc(CC2CCCNC2)c1C(C)C. The lowest BCUT2D eigenvalue weighted by molar-refractivity contribution is 0.372. The molecular weight excluding hydrogens is 258 g/mol. The van der Waals surface area contributed by atoms with E-state index in [0.717, 1.165) is 36.2 Å². The van der Waals surface area contributed by atoms with Crippen LogP contribution in [0.1, 0.15) is 43.7 Å². The summed E-state index contributed by atoms with van der Waals surface area (Å²) < 4.78 is 5.52. The summed E-state index contributed by atoms with van der Waals surface area (Å²) in [7, 11) is 1.73. The molecule has 1 N–H and O–H groups in total. The first kappa shape index (κ1) is 14.7. The van der Waals surface area contributed by atoms with Crippen molar-refractivity contribution in [3.63, 3.8) is 0 Å². The van der Waals surface area contributed by atoms with E-state index in [0.29, 0.717) is 5.92 Å². The van der Waals surface area contributed by atoms with Gasteiger partial charge in [0.05, 0.1) is 7.11 Å². The summed E-state index contributed by atoms with van der Waals surface area (Å²) in [5, 5.41) is 4.26. The number of benzene rings is 1. The molecule has 0 amide bonds. The zero-order valence-electron chi connectivity index (χ0n) is 12.1. The predicted octanol–water partition coefficient (Wildman–Crippen LogP) is 4.01. The first-order valence-corrected chi connectivity index (χ1v) is 7.56. The van der Waals surface area contributed by atoms with Gasteiger partial charge in [-0.25, -0.2) is 0 Å². The zero-order valence-corrected chi connectivity index (χ0v) is 12.9. The van der Waals surface area contributed by atoms with Gasteiger partial charge in [0.2, 0.25) is 0 Å². The Labute approximate surface area is 121 Å². The highest BCUT2D eigenvalue weighted by molar-refractivity contribution is 6.30. The molecule has 19 heavy (non-hydrogen) atoms. The minimum Gasteiger partial charge on any atom is -0.496 e. The van der Waals surface area contributed by atoms with Crippen molar-refractivity contribution < 1.29 is 4.74 Å². The molecule has 1 unspecified atom stereocenters. The maximum atomic E-state index is 6.23. The number of piperidine rings is 1. The summed E-state index contributed by atoms with van der Waals surface area (Å²) in [6.45, 7) is 6.71. The average molecular weight is 282 g/mol. The number of nitrogens with one attached hydrogen (secondary N) is 1. The number of hydrogen-bond acceptors (Lipinski definition) is 2. The van der Waals surface area contributed by atoms with E-state index in [2.05, 4.69) is 25.2 Å². The molecule has 106 valence electrons. The van der Waals surface area contributed by atoms with Gasteiger partial charge in [-0.05, 0) is 67.4 Å². The largest absolute Gasteiger partial charge is 0.496 e. The highest BCUT2D eigenvalue weighted by Crippen LogP contribution is 2.35. The van der Waals surface area contributed by atoms with E-state index in [1.807, 2.05) is 6.07 Å². The second-order valence-electron chi connectivity index (χ2n) is 5.75.